The van der Waals surface area contributed by atoms with Crippen LogP contribution in [0.2, 0.25) is 0 Å². The van der Waals surface area contributed by atoms with E-state index in [0.717, 1.165) is 37.2 Å². The fourth-order valence-electron chi connectivity index (χ4n) is 2.75. The predicted octanol–water partition coefficient (Wildman–Crippen LogP) is 2.34. The Morgan fingerprint density at radius 3 is 2.80 bits per heavy atom. The normalized spacial score (nSPS) is 14.8. The van der Waals surface area contributed by atoms with Crippen molar-refractivity contribution in [1.82, 2.24) is 9.88 Å². The van der Waals surface area contributed by atoms with Gasteiger partial charge in [-0.2, -0.15) is 0 Å². The van der Waals surface area contributed by atoms with E-state index in [9.17, 15) is 9.90 Å². The molecule has 0 bridgehead atoms. The number of pyridine rings is 1. The van der Waals surface area contributed by atoms with Crippen molar-refractivity contribution in [2.24, 2.45) is 0 Å². The zero-order chi connectivity index (χ0) is 13.9. The topological polar surface area (TPSA) is 53.4 Å². The van der Waals surface area contributed by atoms with E-state index in [1.165, 1.54) is 5.56 Å². The Hall–Kier alpha value is -2.20. The average Bonchev–Trinajstić information content (AvgIpc) is 2.47. The number of hydrogen-bond acceptors (Lipinski definition) is 3. The third-order valence-corrected chi connectivity index (χ3v) is 3.73. The second-order valence-electron chi connectivity index (χ2n) is 5.06. The van der Waals surface area contributed by atoms with Gasteiger partial charge in [0.2, 0.25) is 0 Å². The van der Waals surface area contributed by atoms with Crippen LogP contribution in [0.5, 0.6) is 0 Å². The summed E-state index contributed by atoms with van der Waals surface area (Å²) in [6.07, 6.45) is 4.40. The van der Waals surface area contributed by atoms with Crippen LogP contribution in [0.1, 0.15) is 27.0 Å². The molecule has 2 heterocycles. The quantitative estimate of drug-likeness (QED) is 0.928. The van der Waals surface area contributed by atoms with E-state index in [1.807, 2.05) is 24.3 Å². The molecule has 1 aromatic heterocycles. The van der Waals surface area contributed by atoms with Crippen molar-refractivity contribution >= 4 is 5.97 Å². The fourth-order valence-corrected chi connectivity index (χ4v) is 2.75. The number of benzene rings is 1. The molecule has 3 rings (SSSR count). The molecule has 0 atom stereocenters. The highest BCUT2D eigenvalue weighted by atomic mass is 16.4. The van der Waals surface area contributed by atoms with Crippen molar-refractivity contribution in [2.45, 2.75) is 19.5 Å². The summed E-state index contributed by atoms with van der Waals surface area (Å²) in [7, 11) is 0. The molecule has 4 nitrogen and oxygen atoms in total. The summed E-state index contributed by atoms with van der Waals surface area (Å²) in [6, 6.07) is 9.59. The highest BCUT2D eigenvalue weighted by Crippen LogP contribution is 2.23. The molecular formula is C16H16N2O2. The number of carbonyl (C=O) groups is 1. The highest BCUT2D eigenvalue weighted by Gasteiger charge is 2.21. The molecule has 20 heavy (non-hydrogen) atoms. The van der Waals surface area contributed by atoms with E-state index < -0.39 is 5.97 Å². The van der Waals surface area contributed by atoms with Gasteiger partial charge in [0.1, 0.15) is 0 Å². The van der Waals surface area contributed by atoms with Crippen LogP contribution < -0.4 is 0 Å². The summed E-state index contributed by atoms with van der Waals surface area (Å²) in [6.45, 7) is 2.57. The smallest absolute Gasteiger partial charge is 0.335 e. The van der Waals surface area contributed by atoms with Crippen LogP contribution in [0, 0.1) is 0 Å². The van der Waals surface area contributed by atoms with Crippen molar-refractivity contribution < 1.29 is 9.90 Å². The van der Waals surface area contributed by atoms with Crippen LogP contribution in [0.15, 0.2) is 42.7 Å². The van der Waals surface area contributed by atoms with E-state index in [4.69, 9.17) is 0 Å². The molecule has 0 saturated carbocycles. The molecule has 0 spiro atoms. The fraction of sp³-hybridized carbons (Fsp3) is 0.250. The SMILES string of the molecule is O=C(O)c1cccc2c1CCN(Cc1ccncc1)C2. The number of fused-ring (bicyclic) bond motifs is 1. The zero-order valence-electron chi connectivity index (χ0n) is 11.1. The van der Waals surface area contributed by atoms with Gasteiger partial charge in [-0.05, 0) is 41.3 Å². The van der Waals surface area contributed by atoms with Crippen LogP contribution in [-0.4, -0.2) is 27.5 Å². The molecule has 0 amide bonds. The first-order chi connectivity index (χ1) is 9.74. The minimum absolute atomic E-state index is 0.450. The molecule has 0 aliphatic carbocycles. The lowest BCUT2D eigenvalue weighted by atomic mass is 9.94. The third kappa shape index (κ3) is 2.56. The molecule has 1 aliphatic heterocycles. The number of aromatic carboxylic acids is 1. The van der Waals surface area contributed by atoms with Crippen LogP contribution in [-0.2, 0) is 19.5 Å². The van der Waals surface area contributed by atoms with E-state index in [2.05, 4.69) is 9.88 Å². The van der Waals surface area contributed by atoms with Crippen molar-refractivity contribution in [1.29, 1.82) is 0 Å². The van der Waals surface area contributed by atoms with Crippen LogP contribution in [0.4, 0.5) is 0 Å². The molecule has 2 aromatic rings. The van der Waals surface area contributed by atoms with Gasteiger partial charge in [0.25, 0.3) is 0 Å². The molecule has 0 saturated heterocycles. The maximum Gasteiger partial charge on any atom is 0.335 e. The minimum atomic E-state index is -0.829. The van der Waals surface area contributed by atoms with Crippen molar-refractivity contribution in [3.05, 3.63) is 65.0 Å². The standard InChI is InChI=1S/C16H16N2O2/c19-16(20)15-3-1-2-13-11-18(9-6-14(13)15)10-12-4-7-17-8-5-12/h1-5,7-8H,6,9-11H2,(H,19,20). The van der Waals surface area contributed by atoms with Gasteiger partial charge in [-0.1, -0.05) is 12.1 Å². The van der Waals surface area contributed by atoms with Crippen LogP contribution in [0.25, 0.3) is 0 Å². The monoisotopic (exact) mass is 268 g/mol. The zero-order valence-corrected chi connectivity index (χ0v) is 11.1. The van der Waals surface area contributed by atoms with Gasteiger partial charge in [0, 0.05) is 32.0 Å². The number of rotatable bonds is 3. The first-order valence-corrected chi connectivity index (χ1v) is 6.69. The Labute approximate surface area is 117 Å². The van der Waals surface area contributed by atoms with Gasteiger partial charge in [-0.3, -0.25) is 9.88 Å². The summed E-state index contributed by atoms with van der Waals surface area (Å²) < 4.78 is 0. The molecule has 0 unspecified atom stereocenters. The molecule has 0 radical (unpaired) electrons. The Bertz CT molecular complexity index is 626. The summed E-state index contributed by atoms with van der Waals surface area (Å²) in [5.74, 6) is -0.829. The Kier molecular flexibility index (Phi) is 3.48. The molecule has 4 heteroatoms. The largest absolute Gasteiger partial charge is 0.478 e. The maximum atomic E-state index is 11.2. The first-order valence-electron chi connectivity index (χ1n) is 6.69. The van der Waals surface area contributed by atoms with E-state index in [-0.39, 0.29) is 0 Å². The lowest BCUT2D eigenvalue weighted by Crippen LogP contribution is -2.31. The molecule has 1 aliphatic rings. The number of carboxylic acids is 1. The van der Waals surface area contributed by atoms with Crippen molar-refractivity contribution in [3.63, 3.8) is 0 Å². The summed E-state index contributed by atoms with van der Waals surface area (Å²) in [4.78, 5) is 17.6. The third-order valence-electron chi connectivity index (χ3n) is 3.73. The number of aromatic nitrogens is 1. The van der Waals surface area contributed by atoms with Crippen LogP contribution >= 0.6 is 0 Å². The van der Waals surface area contributed by atoms with E-state index in [1.54, 1.807) is 18.5 Å². The Balaban J connectivity index is 1.79. The second kappa shape index (κ2) is 5.43. The summed E-state index contributed by atoms with van der Waals surface area (Å²) in [5, 5.41) is 9.22. The summed E-state index contributed by atoms with van der Waals surface area (Å²) >= 11 is 0. The molecule has 1 N–H and O–H groups in total. The van der Waals surface area contributed by atoms with Gasteiger partial charge >= 0.3 is 5.97 Å². The van der Waals surface area contributed by atoms with E-state index in [0.29, 0.717) is 5.56 Å². The summed E-state index contributed by atoms with van der Waals surface area (Å²) in [5.41, 5.74) is 3.81. The minimum Gasteiger partial charge on any atom is -0.478 e. The van der Waals surface area contributed by atoms with E-state index >= 15 is 0 Å². The van der Waals surface area contributed by atoms with Gasteiger partial charge in [0.15, 0.2) is 0 Å². The lowest BCUT2D eigenvalue weighted by Gasteiger charge is -2.29. The van der Waals surface area contributed by atoms with Crippen molar-refractivity contribution in [3.8, 4) is 0 Å². The van der Waals surface area contributed by atoms with Gasteiger partial charge in [-0.25, -0.2) is 4.79 Å². The molecule has 0 fully saturated rings. The number of hydrogen-bond donors (Lipinski definition) is 1. The van der Waals surface area contributed by atoms with Crippen molar-refractivity contribution in [2.75, 3.05) is 6.54 Å². The lowest BCUT2D eigenvalue weighted by molar-refractivity contribution is 0.0694. The number of nitrogens with zero attached hydrogens (tertiary/aromatic N) is 2. The molecular weight excluding hydrogens is 252 g/mol. The van der Waals surface area contributed by atoms with Gasteiger partial charge in [0.05, 0.1) is 5.56 Å². The van der Waals surface area contributed by atoms with Crippen LogP contribution in [0.3, 0.4) is 0 Å². The number of carboxylic acid groups (broad SMARTS) is 1. The predicted molar refractivity (Wildman–Crippen MR) is 75.5 cm³/mol. The molecule has 102 valence electrons. The first kappa shape index (κ1) is 12.8. The maximum absolute atomic E-state index is 11.2. The average molecular weight is 268 g/mol. The Morgan fingerprint density at radius 1 is 1.25 bits per heavy atom. The van der Waals surface area contributed by atoms with Gasteiger partial charge in [-0.15, -0.1) is 0 Å². The second-order valence-corrected chi connectivity index (χ2v) is 5.06. The van der Waals surface area contributed by atoms with Gasteiger partial charge < -0.3 is 5.11 Å². The highest BCUT2D eigenvalue weighted by molar-refractivity contribution is 5.89. The molecule has 1 aromatic carbocycles. The Morgan fingerprint density at radius 2 is 2.05 bits per heavy atom.